The minimum absolute atomic E-state index is 0.807. The van der Waals surface area contributed by atoms with E-state index in [0.29, 0.717) is 0 Å². The Morgan fingerprint density at radius 2 is 0.821 bits per heavy atom. The van der Waals surface area contributed by atoms with E-state index in [2.05, 4.69) is 168 Å². The van der Waals surface area contributed by atoms with Crippen LogP contribution in [0.3, 0.4) is 0 Å². The Morgan fingerprint density at radius 1 is 0.286 bits per heavy atom. The van der Waals surface area contributed by atoms with Crippen molar-refractivity contribution in [2.45, 2.75) is 0 Å². The monoisotopic (exact) mass is 714 g/mol. The summed E-state index contributed by atoms with van der Waals surface area (Å²) in [5.74, 6) is 0. The van der Waals surface area contributed by atoms with Gasteiger partial charge in [-0.15, -0.1) is 0 Å². The largest absolute Gasteiger partial charge is 0.255 e. The first-order valence-corrected chi connectivity index (χ1v) is 18.8. The van der Waals surface area contributed by atoms with Gasteiger partial charge in [0.15, 0.2) is 0 Å². The van der Waals surface area contributed by atoms with Gasteiger partial charge >= 0.3 is 0 Å². The second-order valence-electron chi connectivity index (χ2n) is 13.9. The zero-order chi connectivity index (χ0) is 37.3. The molecule has 4 heteroatoms. The molecule has 0 aliphatic carbocycles. The van der Waals surface area contributed by atoms with Gasteiger partial charge in [0.25, 0.3) is 0 Å². The SMILES string of the molecule is c1ccc(-c2cccc(-c3cccc4c(-c5ccccc5)nc5ccc(-c6ccc(-c7cc(-c8ccccn8)nc(-c8ccccn8)c7)cc6)cc5c34)c2)cc1. The number of aromatic nitrogens is 4. The highest BCUT2D eigenvalue weighted by molar-refractivity contribution is 6.17. The Hall–Kier alpha value is -7.56. The van der Waals surface area contributed by atoms with Crippen LogP contribution in [-0.2, 0) is 0 Å². The van der Waals surface area contributed by atoms with Crippen molar-refractivity contribution in [1.29, 1.82) is 0 Å². The number of nitrogens with zero attached hydrogens (tertiary/aromatic N) is 4. The summed E-state index contributed by atoms with van der Waals surface area (Å²) in [5, 5.41) is 3.45. The molecule has 0 aliphatic rings. The number of pyridine rings is 4. The fourth-order valence-electron chi connectivity index (χ4n) is 7.63. The van der Waals surface area contributed by atoms with Gasteiger partial charge in [-0.1, -0.05) is 140 Å². The fourth-order valence-corrected chi connectivity index (χ4v) is 7.63. The van der Waals surface area contributed by atoms with E-state index in [4.69, 9.17) is 9.97 Å². The third-order valence-corrected chi connectivity index (χ3v) is 10.4. The van der Waals surface area contributed by atoms with Crippen LogP contribution in [0.5, 0.6) is 0 Å². The van der Waals surface area contributed by atoms with Gasteiger partial charge in [-0.2, -0.15) is 0 Å². The van der Waals surface area contributed by atoms with Crippen LogP contribution in [0.2, 0.25) is 0 Å². The Morgan fingerprint density at radius 3 is 1.48 bits per heavy atom. The van der Waals surface area contributed by atoms with Gasteiger partial charge in [0.05, 0.1) is 34.0 Å². The number of hydrogen-bond acceptors (Lipinski definition) is 4. The van der Waals surface area contributed by atoms with E-state index in [1.54, 1.807) is 12.4 Å². The minimum Gasteiger partial charge on any atom is -0.255 e. The van der Waals surface area contributed by atoms with Gasteiger partial charge in [0, 0.05) is 34.1 Å². The molecular formula is C52H34N4. The molecule has 0 N–H and O–H groups in total. The van der Waals surface area contributed by atoms with Crippen LogP contribution >= 0.6 is 0 Å². The molecule has 0 saturated carbocycles. The molecule has 262 valence electrons. The molecule has 4 nitrogen and oxygen atoms in total. The second kappa shape index (κ2) is 14.3. The fraction of sp³-hybridized carbons (Fsp3) is 0. The standard InChI is InChI=1S/C52H34N4/c1-3-13-35(14-4-1)39-17-11-18-41(31-39)43-19-12-20-44-51(43)45-32-40(27-28-46(45)56-52(44)38-15-5-2-6-16-38)36-23-25-37(26-24-36)42-33-49(47-21-7-9-29-53-47)55-50(34-42)48-22-8-10-30-54-48/h1-34H. The highest BCUT2D eigenvalue weighted by Crippen LogP contribution is 2.41. The molecule has 0 radical (unpaired) electrons. The zero-order valence-electron chi connectivity index (χ0n) is 30.4. The van der Waals surface area contributed by atoms with E-state index in [-0.39, 0.29) is 0 Å². The summed E-state index contributed by atoms with van der Waals surface area (Å²) in [6.07, 6.45) is 3.60. The molecule has 10 aromatic rings. The van der Waals surface area contributed by atoms with Crippen LogP contribution in [0.1, 0.15) is 0 Å². The molecule has 0 bridgehead atoms. The maximum atomic E-state index is 5.31. The van der Waals surface area contributed by atoms with Crippen molar-refractivity contribution in [2.24, 2.45) is 0 Å². The Labute approximate surface area is 325 Å². The third-order valence-electron chi connectivity index (χ3n) is 10.4. The first-order valence-electron chi connectivity index (χ1n) is 18.8. The van der Waals surface area contributed by atoms with Crippen molar-refractivity contribution in [3.05, 3.63) is 207 Å². The van der Waals surface area contributed by atoms with Crippen molar-refractivity contribution in [2.75, 3.05) is 0 Å². The third kappa shape index (κ3) is 6.29. The number of fused-ring (bicyclic) bond motifs is 3. The molecule has 56 heavy (non-hydrogen) atoms. The van der Waals surface area contributed by atoms with Crippen molar-refractivity contribution < 1.29 is 0 Å². The topological polar surface area (TPSA) is 51.6 Å². The molecule has 6 aromatic carbocycles. The molecule has 0 atom stereocenters. The number of benzene rings is 6. The highest BCUT2D eigenvalue weighted by atomic mass is 14.8. The highest BCUT2D eigenvalue weighted by Gasteiger charge is 2.17. The van der Waals surface area contributed by atoms with Gasteiger partial charge in [0.2, 0.25) is 0 Å². The van der Waals surface area contributed by atoms with E-state index in [1.807, 2.05) is 36.4 Å². The quantitative estimate of drug-likeness (QED) is 0.154. The summed E-state index contributed by atoms with van der Waals surface area (Å²) in [6.45, 7) is 0. The van der Waals surface area contributed by atoms with Crippen molar-refractivity contribution in [3.63, 3.8) is 0 Å². The molecule has 0 fully saturated rings. The summed E-state index contributed by atoms with van der Waals surface area (Å²) in [5.41, 5.74) is 15.4. The Bertz CT molecular complexity index is 2930. The van der Waals surface area contributed by atoms with E-state index < -0.39 is 0 Å². The second-order valence-corrected chi connectivity index (χ2v) is 13.9. The molecule has 4 aromatic heterocycles. The zero-order valence-corrected chi connectivity index (χ0v) is 30.4. The Balaban J connectivity index is 1.11. The minimum atomic E-state index is 0.807. The van der Waals surface area contributed by atoms with Crippen molar-refractivity contribution >= 4 is 21.7 Å². The number of hydrogen-bond donors (Lipinski definition) is 0. The molecule has 0 saturated heterocycles. The van der Waals surface area contributed by atoms with E-state index in [0.717, 1.165) is 72.6 Å². The summed E-state index contributed by atoms with van der Waals surface area (Å²) < 4.78 is 0. The van der Waals surface area contributed by atoms with Crippen LogP contribution in [0.4, 0.5) is 0 Å². The summed E-state index contributed by atoms with van der Waals surface area (Å²) >= 11 is 0. The molecule has 4 heterocycles. The lowest BCUT2D eigenvalue weighted by atomic mass is 9.90. The molecule has 10 rings (SSSR count). The first-order chi connectivity index (χ1) is 27.7. The average molecular weight is 715 g/mol. The lowest BCUT2D eigenvalue weighted by molar-refractivity contribution is 1.22. The van der Waals surface area contributed by atoms with Crippen molar-refractivity contribution in [1.82, 2.24) is 19.9 Å². The molecule has 0 spiro atoms. The lowest BCUT2D eigenvalue weighted by Gasteiger charge is -2.16. The maximum Gasteiger partial charge on any atom is 0.0900 e. The van der Waals surface area contributed by atoms with Crippen LogP contribution in [0.15, 0.2) is 207 Å². The summed E-state index contributed by atoms with van der Waals surface area (Å²) in [4.78, 5) is 19.5. The lowest BCUT2D eigenvalue weighted by Crippen LogP contribution is -1.94. The predicted octanol–water partition coefficient (Wildman–Crippen LogP) is 13.2. The number of rotatable bonds is 7. The molecule has 0 amide bonds. The van der Waals surface area contributed by atoms with Gasteiger partial charge in [-0.3, -0.25) is 9.97 Å². The molecular weight excluding hydrogens is 681 g/mol. The van der Waals surface area contributed by atoms with E-state index in [1.165, 1.54) is 27.6 Å². The van der Waals surface area contributed by atoms with Gasteiger partial charge in [0.1, 0.15) is 0 Å². The van der Waals surface area contributed by atoms with E-state index in [9.17, 15) is 0 Å². The van der Waals surface area contributed by atoms with E-state index >= 15 is 0 Å². The predicted molar refractivity (Wildman–Crippen MR) is 231 cm³/mol. The summed E-state index contributed by atoms with van der Waals surface area (Å²) in [6, 6.07) is 68.0. The maximum absolute atomic E-state index is 5.31. The van der Waals surface area contributed by atoms with Gasteiger partial charge in [-0.05, 0) is 99.1 Å². The average Bonchev–Trinajstić information content (AvgIpc) is 3.29. The normalized spacial score (nSPS) is 11.2. The van der Waals surface area contributed by atoms with Crippen LogP contribution < -0.4 is 0 Å². The van der Waals surface area contributed by atoms with Gasteiger partial charge in [-0.25, -0.2) is 9.97 Å². The molecule has 0 aliphatic heterocycles. The molecule has 0 unspecified atom stereocenters. The van der Waals surface area contributed by atoms with Crippen molar-refractivity contribution in [3.8, 4) is 78.5 Å². The van der Waals surface area contributed by atoms with Crippen LogP contribution in [-0.4, -0.2) is 19.9 Å². The Kier molecular flexibility index (Phi) is 8.47. The van der Waals surface area contributed by atoms with Crippen LogP contribution in [0, 0.1) is 0 Å². The first kappa shape index (κ1) is 33.0. The summed E-state index contributed by atoms with van der Waals surface area (Å²) in [7, 11) is 0. The van der Waals surface area contributed by atoms with Crippen LogP contribution in [0.25, 0.3) is 100 Å². The van der Waals surface area contributed by atoms with Gasteiger partial charge < -0.3 is 0 Å². The smallest absolute Gasteiger partial charge is 0.0900 e.